The van der Waals surface area contributed by atoms with Gasteiger partial charge in [0, 0.05) is 47.5 Å². The van der Waals surface area contributed by atoms with Gasteiger partial charge in [0.2, 0.25) is 0 Å². The number of thiocarbonyl (C=S) groups is 1. The molecule has 156 valence electrons. The van der Waals surface area contributed by atoms with E-state index in [1.165, 1.54) is 22.5 Å². The van der Waals surface area contributed by atoms with Crippen molar-refractivity contribution in [3.05, 3.63) is 59.3 Å². The fourth-order valence-corrected chi connectivity index (χ4v) is 4.57. The average molecular weight is 422 g/mol. The van der Waals surface area contributed by atoms with Crippen molar-refractivity contribution in [1.82, 2.24) is 9.88 Å². The number of aromatic hydroxyl groups is 2. The molecule has 6 heteroatoms. The third-order valence-corrected chi connectivity index (χ3v) is 6.05. The second kappa shape index (κ2) is 7.69. The third-order valence-electron chi connectivity index (χ3n) is 5.75. The van der Waals surface area contributed by atoms with Crippen LogP contribution < -0.4 is 10.2 Å². The van der Waals surface area contributed by atoms with Crippen molar-refractivity contribution < 1.29 is 10.2 Å². The van der Waals surface area contributed by atoms with Crippen molar-refractivity contribution in [2.75, 3.05) is 4.90 Å². The summed E-state index contributed by atoms with van der Waals surface area (Å²) in [4.78, 5) is 1.97. The number of aromatic nitrogens is 1. The van der Waals surface area contributed by atoms with E-state index >= 15 is 0 Å². The number of anilines is 1. The number of phenols is 2. The van der Waals surface area contributed by atoms with Crippen molar-refractivity contribution >= 4 is 39.6 Å². The molecule has 1 aliphatic heterocycles. The first kappa shape index (κ1) is 20.3. The van der Waals surface area contributed by atoms with Crippen LogP contribution in [-0.4, -0.2) is 25.9 Å². The van der Waals surface area contributed by atoms with Crippen molar-refractivity contribution in [3.8, 4) is 11.5 Å². The molecule has 1 atom stereocenters. The molecule has 0 fully saturated rings. The molecule has 0 aliphatic carbocycles. The minimum atomic E-state index is 0.0219. The van der Waals surface area contributed by atoms with E-state index < -0.39 is 0 Å². The number of rotatable bonds is 4. The number of nitrogens with one attached hydrogen (secondary N) is 1. The van der Waals surface area contributed by atoms with Gasteiger partial charge in [-0.15, -0.1) is 0 Å². The number of hydrogen-bond donors (Lipinski definition) is 3. The van der Waals surface area contributed by atoms with E-state index in [9.17, 15) is 10.2 Å². The Bertz CT molecular complexity index is 1180. The van der Waals surface area contributed by atoms with Crippen LogP contribution in [0.4, 0.5) is 5.69 Å². The summed E-state index contributed by atoms with van der Waals surface area (Å²) in [6.07, 6.45) is 5.83. The molecule has 1 aliphatic rings. The molecule has 5 nitrogen and oxygen atoms in total. The van der Waals surface area contributed by atoms with Gasteiger partial charge in [-0.05, 0) is 73.5 Å². The number of phenolic OH excluding ortho intramolecular Hbond substituents is 2. The molecule has 4 rings (SSSR count). The largest absolute Gasteiger partial charge is 0.508 e. The van der Waals surface area contributed by atoms with Crippen LogP contribution in [0.15, 0.2) is 42.6 Å². The van der Waals surface area contributed by atoms with Crippen LogP contribution in [0.2, 0.25) is 0 Å². The van der Waals surface area contributed by atoms with Crippen LogP contribution in [-0.2, 0) is 19.9 Å². The Balaban J connectivity index is 1.90. The molecule has 1 unspecified atom stereocenters. The van der Waals surface area contributed by atoms with E-state index in [-0.39, 0.29) is 17.5 Å². The number of hydrogen-bond acceptors (Lipinski definition) is 3. The Morgan fingerprint density at radius 1 is 1.03 bits per heavy atom. The number of nitrogens with zero attached hydrogens (tertiary/aromatic N) is 2. The Labute approximate surface area is 182 Å². The van der Waals surface area contributed by atoms with Gasteiger partial charge < -0.3 is 20.1 Å². The predicted octanol–water partition coefficient (Wildman–Crippen LogP) is 4.84. The summed E-state index contributed by atoms with van der Waals surface area (Å²) in [5.74, 6) is 0.140. The van der Waals surface area contributed by atoms with Crippen LogP contribution >= 0.6 is 12.2 Å². The van der Waals surface area contributed by atoms with Crippen LogP contribution in [0.5, 0.6) is 11.5 Å². The van der Waals surface area contributed by atoms with Gasteiger partial charge in [-0.25, -0.2) is 0 Å². The Hall–Kier alpha value is -2.99. The SMILES string of the molecule is CCc1cc(C2=CC(C)NC(=S)N2c2ccc3c(c2)c(CC)cn3C)c(O)cc1O. The van der Waals surface area contributed by atoms with Crippen LogP contribution in [0.3, 0.4) is 0 Å². The van der Waals surface area contributed by atoms with Crippen LogP contribution in [0, 0.1) is 0 Å². The van der Waals surface area contributed by atoms with Crippen molar-refractivity contribution in [1.29, 1.82) is 0 Å². The number of fused-ring (bicyclic) bond motifs is 1. The van der Waals surface area contributed by atoms with Crippen LogP contribution in [0.25, 0.3) is 16.6 Å². The molecule has 1 aromatic heterocycles. The van der Waals surface area contributed by atoms with Gasteiger partial charge in [0.05, 0.1) is 5.70 Å². The maximum atomic E-state index is 10.7. The van der Waals surface area contributed by atoms with Gasteiger partial charge in [0.1, 0.15) is 11.5 Å². The minimum absolute atomic E-state index is 0.0219. The van der Waals surface area contributed by atoms with Gasteiger partial charge in [0.15, 0.2) is 5.11 Å². The standard InChI is InChI=1S/C24H27N3O2S/c1-5-15-10-19(23(29)12-22(15)28)21-9-14(3)25-24(30)27(21)17-7-8-20-18(11-17)16(6-2)13-26(20)4/h7-14,28-29H,5-6H2,1-4H3,(H,25,30). The number of aryl methyl sites for hydroxylation is 3. The smallest absolute Gasteiger partial charge is 0.178 e. The maximum absolute atomic E-state index is 10.7. The van der Waals surface area contributed by atoms with Gasteiger partial charge in [0.25, 0.3) is 0 Å². The van der Waals surface area contributed by atoms with E-state index in [1.807, 2.05) is 24.8 Å². The molecule has 3 aromatic rings. The first-order valence-electron chi connectivity index (χ1n) is 10.3. The topological polar surface area (TPSA) is 60.7 Å². The molecule has 0 radical (unpaired) electrons. The third kappa shape index (κ3) is 3.31. The van der Waals surface area contributed by atoms with E-state index in [1.54, 1.807) is 0 Å². The number of benzene rings is 2. The molecule has 0 bridgehead atoms. The summed E-state index contributed by atoms with van der Waals surface area (Å²) in [5, 5.41) is 25.9. The molecular weight excluding hydrogens is 394 g/mol. The molecule has 0 spiro atoms. The van der Waals surface area contributed by atoms with Crippen molar-refractivity contribution in [2.24, 2.45) is 7.05 Å². The lowest BCUT2D eigenvalue weighted by atomic mass is 10.00. The highest BCUT2D eigenvalue weighted by Gasteiger charge is 2.27. The van der Waals surface area contributed by atoms with E-state index in [0.717, 1.165) is 23.4 Å². The molecule has 2 heterocycles. The van der Waals surface area contributed by atoms with Gasteiger partial charge in [-0.2, -0.15) is 0 Å². The zero-order valence-electron chi connectivity index (χ0n) is 17.7. The zero-order valence-corrected chi connectivity index (χ0v) is 18.5. The van der Waals surface area contributed by atoms with Crippen LogP contribution in [0.1, 0.15) is 37.5 Å². The lowest BCUT2D eigenvalue weighted by Crippen LogP contribution is -2.46. The molecule has 0 amide bonds. The minimum Gasteiger partial charge on any atom is -0.508 e. The highest BCUT2D eigenvalue weighted by molar-refractivity contribution is 7.80. The first-order chi connectivity index (χ1) is 14.3. The molecule has 2 aromatic carbocycles. The highest BCUT2D eigenvalue weighted by atomic mass is 32.1. The Morgan fingerprint density at radius 3 is 2.47 bits per heavy atom. The first-order valence-corrected chi connectivity index (χ1v) is 10.7. The molecule has 0 saturated carbocycles. The van der Waals surface area contributed by atoms with Gasteiger partial charge in [-0.3, -0.25) is 4.90 Å². The summed E-state index contributed by atoms with van der Waals surface area (Å²) < 4.78 is 2.14. The van der Waals surface area contributed by atoms with Gasteiger partial charge >= 0.3 is 0 Å². The Kier molecular flexibility index (Phi) is 5.20. The molecule has 3 N–H and O–H groups in total. The normalized spacial score (nSPS) is 16.7. The predicted molar refractivity (Wildman–Crippen MR) is 127 cm³/mol. The summed E-state index contributed by atoms with van der Waals surface area (Å²) in [5.41, 5.74) is 5.64. The molecular formula is C24H27N3O2S. The quantitative estimate of drug-likeness (QED) is 0.526. The van der Waals surface area contributed by atoms with Crippen molar-refractivity contribution in [2.45, 2.75) is 39.7 Å². The lowest BCUT2D eigenvalue weighted by molar-refractivity contribution is 0.445. The summed E-state index contributed by atoms with van der Waals surface area (Å²) >= 11 is 5.72. The summed E-state index contributed by atoms with van der Waals surface area (Å²) in [7, 11) is 2.06. The van der Waals surface area contributed by atoms with Crippen molar-refractivity contribution in [3.63, 3.8) is 0 Å². The molecule has 0 saturated heterocycles. The average Bonchev–Trinajstić information content (AvgIpc) is 3.02. The molecule has 30 heavy (non-hydrogen) atoms. The lowest BCUT2D eigenvalue weighted by Gasteiger charge is -2.35. The second-order valence-corrected chi connectivity index (χ2v) is 8.18. The monoisotopic (exact) mass is 421 g/mol. The van der Waals surface area contributed by atoms with E-state index in [2.05, 4.69) is 54.3 Å². The zero-order chi connectivity index (χ0) is 21.6. The fourth-order valence-electron chi connectivity index (χ4n) is 4.18. The highest BCUT2D eigenvalue weighted by Crippen LogP contribution is 2.38. The van der Waals surface area contributed by atoms with E-state index in [0.29, 0.717) is 17.1 Å². The summed E-state index contributed by atoms with van der Waals surface area (Å²) in [6, 6.07) is 9.60. The van der Waals surface area contributed by atoms with E-state index in [4.69, 9.17) is 12.2 Å². The fraction of sp³-hybridized carbons (Fsp3) is 0.292. The summed E-state index contributed by atoms with van der Waals surface area (Å²) in [6.45, 7) is 6.16. The Morgan fingerprint density at radius 2 is 1.77 bits per heavy atom. The maximum Gasteiger partial charge on any atom is 0.178 e. The van der Waals surface area contributed by atoms with Gasteiger partial charge in [-0.1, -0.05) is 13.8 Å². The second-order valence-electron chi connectivity index (χ2n) is 7.80.